The van der Waals surface area contributed by atoms with Gasteiger partial charge in [-0.05, 0) is 63.1 Å². The molecule has 1 aliphatic heterocycles. The molecule has 1 unspecified atom stereocenters. The lowest BCUT2D eigenvalue weighted by molar-refractivity contribution is -0.120. The fourth-order valence-corrected chi connectivity index (χ4v) is 4.51. The van der Waals surface area contributed by atoms with Gasteiger partial charge in [0, 0.05) is 18.8 Å². The molecule has 5 rings (SSSR count). The lowest BCUT2D eigenvalue weighted by Gasteiger charge is -2.32. The molecule has 0 radical (unpaired) electrons. The van der Waals surface area contributed by atoms with Crippen molar-refractivity contribution in [1.29, 1.82) is 0 Å². The summed E-state index contributed by atoms with van der Waals surface area (Å²) in [5.41, 5.74) is 4.20. The third kappa shape index (κ3) is 4.04. The van der Waals surface area contributed by atoms with E-state index in [0.717, 1.165) is 47.4 Å². The van der Waals surface area contributed by atoms with Crippen LogP contribution in [0.1, 0.15) is 24.2 Å². The van der Waals surface area contributed by atoms with E-state index in [2.05, 4.69) is 20.4 Å². The first-order valence-corrected chi connectivity index (χ1v) is 11.1. The van der Waals surface area contributed by atoms with Crippen molar-refractivity contribution in [2.24, 2.45) is 5.92 Å². The van der Waals surface area contributed by atoms with E-state index in [1.54, 1.807) is 12.1 Å². The standard InChI is InChI=1S/C25H25FN6O/c1-16-22-17(2)32(21-8-4-3-5-9-21)30-23(22)24(29-28-16)31-14-6-7-18(15-31)25(33)27-20-12-10-19(26)11-13-20/h3-5,8-13,18H,6-7,14-15H2,1-2H3,(H,27,33). The summed E-state index contributed by atoms with van der Waals surface area (Å²) >= 11 is 0. The maximum Gasteiger partial charge on any atom is 0.229 e. The number of piperidine rings is 1. The lowest BCUT2D eigenvalue weighted by Crippen LogP contribution is -2.41. The van der Waals surface area contributed by atoms with Crippen LogP contribution in [0.2, 0.25) is 0 Å². The predicted octanol–water partition coefficient (Wildman–Crippen LogP) is 4.43. The van der Waals surface area contributed by atoms with Gasteiger partial charge < -0.3 is 10.2 Å². The highest BCUT2D eigenvalue weighted by molar-refractivity contribution is 5.94. The number of fused-ring (bicyclic) bond motifs is 1. The number of carbonyl (C=O) groups excluding carboxylic acids is 1. The maximum absolute atomic E-state index is 13.2. The second-order valence-electron chi connectivity index (χ2n) is 8.45. The van der Waals surface area contributed by atoms with Crippen molar-refractivity contribution in [3.8, 4) is 5.69 Å². The van der Waals surface area contributed by atoms with Gasteiger partial charge in [-0.1, -0.05) is 18.2 Å². The van der Waals surface area contributed by atoms with Gasteiger partial charge in [0.25, 0.3) is 0 Å². The largest absolute Gasteiger partial charge is 0.352 e. The Labute approximate surface area is 191 Å². The fraction of sp³-hybridized carbons (Fsp3) is 0.280. The number of hydrogen-bond acceptors (Lipinski definition) is 5. The van der Waals surface area contributed by atoms with E-state index >= 15 is 0 Å². The fourth-order valence-electron chi connectivity index (χ4n) is 4.51. The smallest absolute Gasteiger partial charge is 0.229 e. The van der Waals surface area contributed by atoms with Crippen molar-refractivity contribution in [2.75, 3.05) is 23.3 Å². The average Bonchev–Trinajstić information content (AvgIpc) is 3.19. The first-order valence-electron chi connectivity index (χ1n) is 11.1. The number of anilines is 2. The molecule has 0 saturated carbocycles. The van der Waals surface area contributed by atoms with Crippen LogP contribution in [0.3, 0.4) is 0 Å². The summed E-state index contributed by atoms with van der Waals surface area (Å²) in [6, 6.07) is 15.8. The van der Waals surface area contributed by atoms with Gasteiger partial charge in [-0.15, -0.1) is 5.10 Å². The van der Waals surface area contributed by atoms with Crippen LogP contribution in [0.15, 0.2) is 54.6 Å². The Balaban J connectivity index is 1.44. The Bertz CT molecular complexity index is 1300. The Morgan fingerprint density at radius 3 is 2.58 bits per heavy atom. The van der Waals surface area contributed by atoms with Gasteiger partial charge >= 0.3 is 0 Å². The molecule has 33 heavy (non-hydrogen) atoms. The number of benzene rings is 2. The zero-order valence-electron chi connectivity index (χ0n) is 18.6. The van der Waals surface area contributed by atoms with E-state index in [0.29, 0.717) is 18.1 Å². The number of halogens is 1. The number of nitrogens with one attached hydrogen (secondary N) is 1. The first-order chi connectivity index (χ1) is 16.0. The van der Waals surface area contributed by atoms with Crippen LogP contribution in [0.4, 0.5) is 15.9 Å². The van der Waals surface area contributed by atoms with E-state index in [-0.39, 0.29) is 17.6 Å². The van der Waals surface area contributed by atoms with Crippen LogP contribution in [0.25, 0.3) is 16.6 Å². The number of aryl methyl sites for hydroxylation is 2. The van der Waals surface area contributed by atoms with Gasteiger partial charge in [0.1, 0.15) is 11.3 Å². The Morgan fingerprint density at radius 2 is 1.82 bits per heavy atom. The number of amides is 1. The van der Waals surface area contributed by atoms with Crippen LogP contribution in [0.5, 0.6) is 0 Å². The predicted molar refractivity (Wildman–Crippen MR) is 126 cm³/mol. The lowest BCUT2D eigenvalue weighted by atomic mass is 9.97. The molecule has 0 aliphatic carbocycles. The molecule has 1 saturated heterocycles. The van der Waals surface area contributed by atoms with Gasteiger partial charge in [-0.2, -0.15) is 10.2 Å². The minimum atomic E-state index is -0.330. The van der Waals surface area contributed by atoms with Gasteiger partial charge in [0.15, 0.2) is 5.82 Å². The highest BCUT2D eigenvalue weighted by atomic mass is 19.1. The summed E-state index contributed by atoms with van der Waals surface area (Å²) < 4.78 is 15.1. The van der Waals surface area contributed by atoms with Gasteiger partial charge in [0.2, 0.25) is 5.91 Å². The van der Waals surface area contributed by atoms with Crippen molar-refractivity contribution in [3.63, 3.8) is 0 Å². The van der Waals surface area contributed by atoms with Crippen LogP contribution < -0.4 is 10.2 Å². The van der Waals surface area contributed by atoms with E-state index in [4.69, 9.17) is 5.10 Å². The summed E-state index contributed by atoms with van der Waals surface area (Å²) in [4.78, 5) is 15.0. The minimum Gasteiger partial charge on any atom is -0.352 e. The molecule has 8 heteroatoms. The number of aromatic nitrogens is 4. The number of rotatable bonds is 4. The van der Waals surface area contributed by atoms with Crippen molar-refractivity contribution >= 4 is 28.3 Å². The van der Waals surface area contributed by atoms with Crippen LogP contribution in [-0.4, -0.2) is 39.0 Å². The third-order valence-electron chi connectivity index (χ3n) is 6.19. The van der Waals surface area contributed by atoms with Crippen LogP contribution >= 0.6 is 0 Å². The van der Waals surface area contributed by atoms with Crippen molar-refractivity contribution < 1.29 is 9.18 Å². The van der Waals surface area contributed by atoms with Crippen LogP contribution in [0, 0.1) is 25.6 Å². The molecule has 1 amide bonds. The van der Waals surface area contributed by atoms with E-state index in [1.807, 2.05) is 48.9 Å². The highest BCUT2D eigenvalue weighted by Gasteiger charge is 2.29. The zero-order valence-corrected chi connectivity index (χ0v) is 18.6. The molecule has 168 valence electrons. The number of nitrogens with zero attached hydrogens (tertiary/aromatic N) is 5. The van der Waals surface area contributed by atoms with Gasteiger partial charge in [-0.3, -0.25) is 4.79 Å². The van der Waals surface area contributed by atoms with E-state index in [9.17, 15) is 9.18 Å². The average molecular weight is 445 g/mol. The molecule has 7 nitrogen and oxygen atoms in total. The van der Waals surface area contributed by atoms with Gasteiger partial charge in [-0.25, -0.2) is 9.07 Å². The maximum atomic E-state index is 13.2. The normalized spacial score (nSPS) is 16.2. The quantitative estimate of drug-likeness (QED) is 0.504. The molecular formula is C25H25FN6O. The van der Waals surface area contributed by atoms with Crippen molar-refractivity contribution in [3.05, 3.63) is 71.8 Å². The molecule has 0 spiro atoms. The molecule has 4 aromatic rings. The van der Waals surface area contributed by atoms with Gasteiger partial charge in [0.05, 0.1) is 28.4 Å². The second-order valence-corrected chi connectivity index (χ2v) is 8.45. The number of hydrogen-bond donors (Lipinski definition) is 1. The molecule has 3 heterocycles. The summed E-state index contributed by atoms with van der Waals surface area (Å²) in [5, 5.41) is 17.7. The van der Waals surface area contributed by atoms with Crippen LogP contribution in [-0.2, 0) is 4.79 Å². The molecular weight excluding hydrogens is 419 g/mol. The van der Waals surface area contributed by atoms with E-state index in [1.165, 1.54) is 12.1 Å². The van der Waals surface area contributed by atoms with E-state index < -0.39 is 0 Å². The molecule has 1 atom stereocenters. The third-order valence-corrected chi connectivity index (χ3v) is 6.19. The second kappa shape index (κ2) is 8.61. The van der Waals surface area contributed by atoms with Crippen molar-refractivity contribution in [1.82, 2.24) is 20.0 Å². The molecule has 1 fully saturated rings. The molecule has 0 bridgehead atoms. The zero-order chi connectivity index (χ0) is 22.9. The molecule has 2 aromatic carbocycles. The Morgan fingerprint density at radius 1 is 1.06 bits per heavy atom. The first kappa shape index (κ1) is 21.1. The SMILES string of the molecule is Cc1nnc(N2CCCC(C(=O)Nc3ccc(F)cc3)C2)c2nn(-c3ccccc3)c(C)c12. The summed E-state index contributed by atoms with van der Waals surface area (Å²) in [7, 11) is 0. The monoisotopic (exact) mass is 444 g/mol. The topological polar surface area (TPSA) is 75.9 Å². The number of carbonyl (C=O) groups is 1. The Hall–Kier alpha value is -3.81. The molecule has 1 N–H and O–H groups in total. The number of para-hydroxylation sites is 1. The minimum absolute atomic E-state index is 0.0754. The summed E-state index contributed by atoms with van der Waals surface area (Å²) in [6.45, 7) is 5.29. The molecule has 2 aromatic heterocycles. The Kier molecular flexibility index (Phi) is 5.50. The molecule has 1 aliphatic rings. The summed E-state index contributed by atoms with van der Waals surface area (Å²) in [6.07, 6.45) is 1.64. The highest BCUT2D eigenvalue weighted by Crippen LogP contribution is 2.31. The summed E-state index contributed by atoms with van der Waals surface area (Å²) in [5.74, 6) is 0.0876. The van der Waals surface area contributed by atoms with Crippen molar-refractivity contribution in [2.45, 2.75) is 26.7 Å².